The van der Waals surface area contributed by atoms with E-state index in [2.05, 4.69) is 27.8 Å². The number of benzene rings is 1. The fourth-order valence-electron chi connectivity index (χ4n) is 0.943. The molecule has 2 nitrogen and oxygen atoms in total. The zero-order valence-electron chi connectivity index (χ0n) is 7.69. The number of halogens is 3. The quantitative estimate of drug-likeness (QED) is 0.908. The Hall–Kier alpha value is -0.510. The second kappa shape index (κ2) is 5.54. The number of hydrogen-bond donors (Lipinski definition) is 1. The van der Waals surface area contributed by atoms with Crippen LogP contribution in [0.4, 0.5) is 0 Å². The van der Waals surface area contributed by atoms with Gasteiger partial charge in [0.05, 0.1) is 17.1 Å². The third-order valence-corrected chi connectivity index (χ3v) is 2.57. The molecule has 1 rings (SSSR count). The molecule has 0 atom stereocenters. The van der Waals surface area contributed by atoms with E-state index >= 15 is 0 Å². The maximum Gasteiger partial charge on any atom is 0.253 e. The van der Waals surface area contributed by atoms with Gasteiger partial charge in [0, 0.05) is 9.51 Å². The minimum atomic E-state index is -0.275. The molecule has 1 amide bonds. The highest BCUT2D eigenvalue weighted by Crippen LogP contribution is 2.20. The summed E-state index contributed by atoms with van der Waals surface area (Å²) < 4.78 is 0.793. The molecule has 0 heterocycles. The molecule has 80 valence electrons. The maximum atomic E-state index is 11.6. The Kier molecular flexibility index (Phi) is 4.64. The molecule has 0 saturated heterocycles. The first-order valence-corrected chi connectivity index (χ1v) is 5.62. The van der Waals surface area contributed by atoms with Gasteiger partial charge in [0.2, 0.25) is 0 Å². The van der Waals surface area contributed by atoms with Crippen molar-refractivity contribution in [1.82, 2.24) is 5.32 Å². The molecular weight excluding hydrogens is 301 g/mol. The average molecular weight is 309 g/mol. The minimum absolute atomic E-state index is 0.225. The first kappa shape index (κ1) is 12.6. The summed E-state index contributed by atoms with van der Waals surface area (Å²) in [5, 5.41) is 3.36. The molecule has 15 heavy (non-hydrogen) atoms. The van der Waals surface area contributed by atoms with Crippen molar-refractivity contribution >= 4 is 45.0 Å². The molecule has 0 radical (unpaired) electrons. The summed E-state index contributed by atoms with van der Waals surface area (Å²) in [6.07, 6.45) is 0. The molecule has 0 aliphatic rings. The average Bonchev–Trinajstić information content (AvgIpc) is 2.18. The first-order chi connectivity index (χ1) is 7.00. The lowest BCUT2D eigenvalue weighted by atomic mass is 10.2. The van der Waals surface area contributed by atoms with Gasteiger partial charge in [0.1, 0.15) is 0 Å². The highest BCUT2D eigenvalue weighted by molar-refractivity contribution is 9.10. The lowest BCUT2D eigenvalue weighted by Crippen LogP contribution is -2.24. The lowest BCUT2D eigenvalue weighted by molar-refractivity contribution is 0.0957. The van der Waals surface area contributed by atoms with Crippen molar-refractivity contribution in [2.75, 3.05) is 6.54 Å². The number of amides is 1. The summed E-state index contributed by atoms with van der Waals surface area (Å²) in [4.78, 5) is 11.6. The third kappa shape index (κ3) is 3.86. The van der Waals surface area contributed by atoms with Gasteiger partial charge in [-0.2, -0.15) is 0 Å². The van der Waals surface area contributed by atoms with Crippen LogP contribution in [0.5, 0.6) is 0 Å². The van der Waals surface area contributed by atoms with Gasteiger partial charge in [0.25, 0.3) is 5.91 Å². The normalized spacial score (nSPS) is 9.80. The van der Waals surface area contributed by atoms with Crippen LogP contribution in [0.1, 0.15) is 10.4 Å². The van der Waals surface area contributed by atoms with Gasteiger partial charge in [-0.1, -0.05) is 45.7 Å². The van der Waals surface area contributed by atoms with E-state index < -0.39 is 0 Å². The smallest absolute Gasteiger partial charge is 0.253 e. The fourth-order valence-corrected chi connectivity index (χ4v) is 1.57. The predicted molar refractivity (Wildman–Crippen MR) is 66.5 cm³/mol. The molecule has 0 unspecified atom stereocenters. The van der Waals surface area contributed by atoms with E-state index in [4.69, 9.17) is 23.2 Å². The van der Waals surface area contributed by atoms with Gasteiger partial charge in [0.15, 0.2) is 0 Å². The predicted octanol–water partition coefficient (Wildman–Crippen LogP) is 3.58. The first-order valence-electron chi connectivity index (χ1n) is 4.07. The Morgan fingerprint density at radius 1 is 1.53 bits per heavy atom. The van der Waals surface area contributed by atoms with Crippen LogP contribution in [0.2, 0.25) is 5.02 Å². The van der Waals surface area contributed by atoms with Gasteiger partial charge in [-0.05, 0) is 18.2 Å². The van der Waals surface area contributed by atoms with Crippen molar-refractivity contribution in [1.29, 1.82) is 0 Å². The maximum absolute atomic E-state index is 11.6. The summed E-state index contributed by atoms with van der Waals surface area (Å²) in [5.41, 5.74) is 0.406. The van der Waals surface area contributed by atoms with E-state index in [1.807, 2.05) is 0 Å². The van der Waals surface area contributed by atoms with Gasteiger partial charge < -0.3 is 5.32 Å². The number of rotatable bonds is 3. The minimum Gasteiger partial charge on any atom is -0.347 e. The van der Waals surface area contributed by atoms with Crippen molar-refractivity contribution < 1.29 is 4.79 Å². The Morgan fingerprint density at radius 2 is 2.20 bits per heavy atom. The zero-order valence-corrected chi connectivity index (χ0v) is 10.8. The van der Waals surface area contributed by atoms with Crippen LogP contribution in [-0.2, 0) is 0 Å². The largest absolute Gasteiger partial charge is 0.347 e. The number of carbonyl (C=O) groups is 1. The van der Waals surface area contributed by atoms with Crippen LogP contribution in [0.3, 0.4) is 0 Å². The molecule has 5 heteroatoms. The Labute approximate surface area is 106 Å². The van der Waals surface area contributed by atoms with Crippen LogP contribution < -0.4 is 5.32 Å². The van der Waals surface area contributed by atoms with E-state index in [1.165, 1.54) is 0 Å². The third-order valence-electron chi connectivity index (χ3n) is 1.61. The van der Waals surface area contributed by atoms with Crippen LogP contribution >= 0.6 is 39.1 Å². The van der Waals surface area contributed by atoms with Gasteiger partial charge in [-0.25, -0.2) is 0 Å². The SMILES string of the molecule is C=C(Cl)CNC(=O)c1cc(Br)ccc1Cl. The Bertz CT molecular complexity index is 406. The molecule has 0 aliphatic heterocycles. The summed E-state index contributed by atoms with van der Waals surface area (Å²) in [6, 6.07) is 5.06. The van der Waals surface area contributed by atoms with Crippen LogP contribution in [0.25, 0.3) is 0 Å². The van der Waals surface area contributed by atoms with Crippen molar-refractivity contribution in [3.05, 3.63) is 44.9 Å². The highest BCUT2D eigenvalue weighted by atomic mass is 79.9. The number of nitrogens with one attached hydrogen (secondary N) is 1. The van der Waals surface area contributed by atoms with E-state index in [1.54, 1.807) is 18.2 Å². The van der Waals surface area contributed by atoms with Gasteiger partial charge >= 0.3 is 0 Å². The molecular formula is C10H8BrCl2NO. The molecule has 0 bridgehead atoms. The van der Waals surface area contributed by atoms with Crippen LogP contribution in [0, 0.1) is 0 Å². The number of carbonyl (C=O) groups excluding carboxylic acids is 1. The zero-order chi connectivity index (χ0) is 11.4. The molecule has 0 fully saturated rings. The summed E-state index contributed by atoms with van der Waals surface area (Å²) in [6.45, 7) is 3.69. The van der Waals surface area contributed by atoms with Gasteiger partial charge in [-0.3, -0.25) is 4.79 Å². The Morgan fingerprint density at radius 3 is 2.80 bits per heavy atom. The molecule has 1 aromatic carbocycles. The van der Waals surface area contributed by atoms with E-state index in [0.717, 1.165) is 4.47 Å². The second-order valence-corrected chi connectivity index (χ2v) is 4.68. The van der Waals surface area contributed by atoms with E-state index in [9.17, 15) is 4.79 Å². The van der Waals surface area contributed by atoms with Gasteiger partial charge in [-0.15, -0.1) is 0 Å². The van der Waals surface area contributed by atoms with Crippen molar-refractivity contribution in [3.8, 4) is 0 Å². The molecule has 0 saturated carbocycles. The molecule has 0 spiro atoms. The monoisotopic (exact) mass is 307 g/mol. The summed E-state index contributed by atoms with van der Waals surface area (Å²) in [5.74, 6) is -0.275. The summed E-state index contributed by atoms with van der Waals surface area (Å²) in [7, 11) is 0. The molecule has 1 aromatic rings. The van der Waals surface area contributed by atoms with Crippen molar-refractivity contribution in [2.24, 2.45) is 0 Å². The number of hydrogen-bond acceptors (Lipinski definition) is 1. The Balaban J connectivity index is 2.81. The van der Waals surface area contributed by atoms with Crippen molar-refractivity contribution in [3.63, 3.8) is 0 Å². The van der Waals surface area contributed by atoms with E-state index in [0.29, 0.717) is 15.6 Å². The standard InChI is InChI=1S/C10H8BrCl2NO/c1-6(12)5-14-10(15)8-4-7(11)2-3-9(8)13/h2-4H,1,5H2,(H,14,15). The second-order valence-electron chi connectivity index (χ2n) is 2.82. The van der Waals surface area contributed by atoms with E-state index in [-0.39, 0.29) is 12.5 Å². The molecule has 1 N–H and O–H groups in total. The van der Waals surface area contributed by atoms with Crippen LogP contribution in [-0.4, -0.2) is 12.5 Å². The van der Waals surface area contributed by atoms with Crippen LogP contribution in [0.15, 0.2) is 34.3 Å². The highest BCUT2D eigenvalue weighted by Gasteiger charge is 2.10. The molecule has 0 aliphatic carbocycles. The summed E-state index contributed by atoms with van der Waals surface area (Å²) >= 11 is 14.7. The molecule has 0 aromatic heterocycles. The lowest BCUT2D eigenvalue weighted by Gasteiger charge is -2.05. The van der Waals surface area contributed by atoms with Crippen molar-refractivity contribution in [2.45, 2.75) is 0 Å². The fraction of sp³-hybridized carbons (Fsp3) is 0.100. The topological polar surface area (TPSA) is 29.1 Å².